The molecule has 7 atom stereocenters. The van der Waals surface area contributed by atoms with Crippen molar-refractivity contribution in [2.45, 2.75) is 65.2 Å². The molecule has 4 aliphatic carbocycles. The molecule has 138 valence electrons. The number of ketones is 2. The molecule has 0 saturated heterocycles. The van der Waals surface area contributed by atoms with E-state index in [1.54, 1.807) is 0 Å². The van der Waals surface area contributed by atoms with Crippen LogP contribution >= 0.6 is 0 Å². The Morgan fingerprint density at radius 1 is 1.24 bits per heavy atom. The number of allylic oxidation sites excluding steroid dienone is 1. The first-order chi connectivity index (χ1) is 12.0. The van der Waals surface area contributed by atoms with E-state index in [4.69, 9.17) is 0 Å². The summed E-state index contributed by atoms with van der Waals surface area (Å²) in [5, 5.41) is 9.54. The molecule has 0 radical (unpaired) electrons. The summed E-state index contributed by atoms with van der Waals surface area (Å²) in [5.74, 6) is 3.56. The maximum Gasteiger partial charge on any atom is 0.162 e. The van der Waals surface area contributed by atoms with Crippen molar-refractivity contribution in [3.8, 4) is 0 Å². The normalized spacial score (nSPS) is 46.0. The van der Waals surface area contributed by atoms with Crippen molar-refractivity contribution in [1.82, 2.24) is 0 Å². The Bertz CT molecular complexity index is 606. The molecule has 4 aliphatic rings. The first-order valence-electron chi connectivity index (χ1n) is 10.4. The van der Waals surface area contributed by atoms with Gasteiger partial charge in [-0.3, -0.25) is 9.59 Å². The first-order valence-corrected chi connectivity index (χ1v) is 10.4. The van der Waals surface area contributed by atoms with Gasteiger partial charge in [-0.05, 0) is 79.6 Å². The van der Waals surface area contributed by atoms with Gasteiger partial charge in [0.1, 0.15) is 6.61 Å². The van der Waals surface area contributed by atoms with Gasteiger partial charge in [0.25, 0.3) is 0 Å². The molecule has 0 aliphatic heterocycles. The van der Waals surface area contributed by atoms with Gasteiger partial charge >= 0.3 is 0 Å². The molecule has 4 rings (SSSR count). The quantitative estimate of drug-likeness (QED) is 0.843. The average Bonchev–Trinajstić information content (AvgIpc) is 2.93. The highest BCUT2D eigenvalue weighted by molar-refractivity contribution is 5.91. The lowest BCUT2D eigenvalue weighted by atomic mass is 9.51. The lowest BCUT2D eigenvalue weighted by molar-refractivity contribution is -0.133. The fraction of sp³-hybridized carbons (Fsp3) is 0.818. The number of carbonyl (C=O) groups excluding carboxylic acids is 2. The number of carbonyl (C=O) groups is 2. The van der Waals surface area contributed by atoms with E-state index in [2.05, 4.69) is 13.8 Å². The molecule has 3 heteroatoms. The molecule has 0 spiro atoms. The monoisotopic (exact) mass is 344 g/mol. The van der Waals surface area contributed by atoms with E-state index in [1.165, 1.54) is 18.4 Å². The zero-order valence-electron chi connectivity index (χ0n) is 15.7. The van der Waals surface area contributed by atoms with Crippen LogP contribution in [0.25, 0.3) is 0 Å². The van der Waals surface area contributed by atoms with Crippen LogP contribution in [0.5, 0.6) is 0 Å². The molecule has 3 nitrogen and oxygen atoms in total. The second-order valence-corrected chi connectivity index (χ2v) is 9.35. The zero-order chi connectivity index (χ0) is 17.8. The lowest BCUT2D eigenvalue weighted by Crippen LogP contribution is -2.48. The fourth-order valence-electron chi connectivity index (χ4n) is 7.49. The molecule has 3 saturated carbocycles. The van der Waals surface area contributed by atoms with Gasteiger partial charge in [-0.15, -0.1) is 0 Å². The van der Waals surface area contributed by atoms with Crippen molar-refractivity contribution in [3.05, 3.63) is 11.6 Å². The highest BCUT2D eigenvalue weighted by Crippen LogP contribution is 2.65. The number of aliphatic hydroxyl groups excluding tert-OH is 1. The standard InChI is InChI=1S/C22H32O3/c1-3-13-11-19-18-6-4-14-10-15(24)5-7-16(14)17(18)8-9-22(19,2)21(13)20(25)12-23/h10,13,16-19,21,23H,3-9,11-12H2,1-2H3/t13-,16?,17?,18?,19?,21?,22+/m1/s1. The van der Waals surface area contributed by atoms with Gasteiger partial charge in [-0.2, -0.15) is 0 Å². The van der Waals surface area contributed by atoms with Crippen LogP contribution in [0.15, 0.2) is 11.6 Å². The predicted molar refractivity (Wildman–Crippen MR) is 96.8 cm³/mol. The molecule has 5 unspecified atom stereocenters. The van der Waals surface area contributed by atoms with E-state index in [1.807, 2.05) is 6.08 Å². The molecule has 1 N–H and O–H groups in total. The van der Waals surface area contributed by atoms with Crippen molar-refractivity contribution >= 4 is 11.6 Å². The number of rotatable bonds is 3. The van der Waals surface area contributed by atoms with Gasteiger partial charge in [0.05, 0.1) is 0 Å². The third kappa shape index (κ3) is 2.57. The molecular weight excluding hydrogens is 312 g/mol. The van der Waals surface area contributed by atoms with E-state index in [-0.39, 0.29) is 23.7 Å². The molecule has 0 aromatic rings. The van der Waals surface area contributed by atoms with Crippen LogP contribution in [0.3, 0.4) is 0 Å². The number of fused-ring (bicyclic) bond motifs is 5. The smallest absolute Gasteiger partial charge is 0.162 e. The molecule has 3 fully saturated rings. The third-order valence-corrected chi connectivity index (χ3v) is 8.50. The Balaban J connectivity index is 1.64. The molecule has 0 amide bonds. The second-order valence-electron chi connectivity index (χ2n) is 9.35. The van der Waals surface area contributed by atoms with Gasteiger partial charge in [0, 0.05) is 12.3 Å². The number of hydrogen-bond acceptors (Lipinski definition) is 3. The van der Waals surface area contributed by atoms with Gasteiger partial charge in [0.15, 0.2) is 11.6 Å². The molecule has 0 aromatic carbocycles. The van der Waals surface area contributed by atoms with Crippen molar-refractivity contribution in [2.24, 2.45) is 40.9 Å². The summed E-state index contributed by atoms with van der Waals surface area (Å²) in [7, 11) is 0. The van der Waals surface area contributed by atoms with Crippen LogP contribution in [0.4, 0.5) is 0 Å². The highest BCUT2D eigenvalue weighted by Gasteiger charge is 2.60. The largest absolute Gasteiger partial charge is 0.389 e. The van der Waals surface area contributed by atoms with Gasteiger partial charge < -0.3 is 5.11 Å². The average molecular weight is 344 g/mol. The minimum absolute atomic E-state index is 0.0540. The summed E-state index contributed by atoms with van der Waals surface area (Å²) >= 11 is 0. The highest BCUT2D eigenvalue weighted by atomic mass is 16.3. The van der Waals surface area contributed by atoms with Crippen molar-refractivity contribution < 1.29 is 14.7 Å². The van der Waals surface area contributed by atoms with Gasteiger partial charge in [-0.25, -0.2) is 0 Å². The Kier molecular flexibility index (Phi) is 4.42. The van der Waals surface area contributed by atoms with Crippen molar-refractivity contribution in [1.29, 1.82) is 0 Å². The van der Waals surface area contributed by atoms with Crippen LogP contribution in [0, 0.1) is 40.9 Å². The topological polar surface area (TPSA) is 54.4 Å². The van der Waals surface area contributed by atoms with Crippen LogP contribution in [0.2, 0.25) is 0 Å². The Hall–Kier alpha value is -0.960. The summed E-state index contributed by atoms with van der Waals surface area (Å²) in [6, 6.07) is 0. The molecule has 25 heavy (non-hydrogen) atoms. The number of aliphatic hydroxyl groups is 1. The van der Waals surface area contributed by atoms with Crippen LogP contribution in [-0.4, -0.2) is 23.3 Å². The van der Waals surface area contributed by atoms with E-state index < -0.39 is 0 Å². The van der Waals surface area contributed by atoms with Crippen LogP contribution in [0.1, 0.15) is 65.2 Å². The van der Waals surface area contributed by atoms with E-state index >= 15 is 0 Å². The fourth-order valence-corrected chi connectivity index (χ4v) is 7.49. The van der Waals surface area contributed by atoms with Crippen molar-refractivity contribution in [2.75, 3.05) is 6.61 Å². The lowest BCUT2D eigenvalue weighted by Gasteiger charge is -2.53. The minimum Gasteiger partial charge on any atom is -0.389 e. The molecule has 0 bridgehead atoms. The number of Topliss-reactive ketones (excluding diaryl/α,β-unsaturated/α-hetero) is 1. The summed E-state index contributed by atoms with van der Waals surface area (Å²) in [6.07, 6.45) is 10.5. The van der Waals surface area contributed by atoms with Crippen LogP contribution < -0.4 is 0 Å². The summed E-state index contributed by atoms with van der Waals surface area (Å²) in [5.41, 5.74) is 1.50. The summed E-state index contributed by atoms with van der Waals surface area (Å²) < 4.78 is 0. The third-order valence-electron chi connectivity index (χ3n) is 8.50. The Morgan fingerprint density at radius 3 is 2.76 bits per heavy atom. The molecule has 0 aromatic heterocycles. The minimum atomic E-state index is -0.296. The SMILES string of the molecule is CC[C@@H]1CC2C3CCC4=CC(=O)CCC4C3CC[C@]2(C)C1C(=O)CO. The van der Waals surface area contributed by atoms with E-state index in [9.17, 15) is 14.7 Å². The van der Waals surface area contributed by atoms with Gasteiger partial charge in [0.2, 0.25) is 0 Å². The van der Waals surface area contributed by atoms with E-state index in [0.717, 1.165) is 38.5 Å². The Morgan fingerprint density at radius 2 is 2.04 bits per heavy atom. The predicted octanol–water partition coefficient (Wildman–Crippen LogP) is 3.94. The summed E-state index contributed by atoms with van der Waals surface area (Å²) in [6.45, 7) is 4.25. The number of hydrogen-bond donors (Lipinski definition) is 1. The summed E-state index contributed by atoms with van der Waals surface area (Å²) in [4.78, 5) is 24.4. The second kappa shape index (κ2) is 6.33. The van der Waals surface area contributed by atoms with E-state index in [0.29, 0.717) is 35.4 Å². The van der Waals surface area contributed by atoms with Crippen LogP contribution in [-0.2, 0) is 9.59 Å². The Labute approximate surface area is 151 Å². The van der Waals surface area contributed by atoms with Crippen molar-refractivity contribution in [3.63, 3.8) is 0 Å². The maximum absolute atomic E-state index is 12.6. The molecule has 0 heterocycles. The molecular formula is C22H32O3. The van der Waals surface area contributed by atoms with Gasteiger partial charge in [-0.1, -0.05) is 25.8 Å². The zero-order valence-corrected chi connectivity index (χ0v) is 15.7. The first kappa shape index (κ1) is 17.5. The maximum atomic E-state index is 12.6.